The van der Waals surface area contributed by atoms with Gasteiger partial charge in [-0.3, -0.25) is 14.7 Å². The van der Waals surface area contributed by atoms with Crippen molar-refractivity contribution in [2.45, 2.75) is 38.5 Å². The van der Waals surface area contributed by atoms with Crippen molar-refractivity contribution < 1.29 is 14.0 Å². The van der Waals surface area contributed by atoms with Gasteiger partial charge in [0.05, 0.1) is 6.26 Å². The van der Waals surface area contributed by atoms with E-state index in [2.05, 4.69) is 34.7 Å². The minimum atomic E-state index is -0.503. The molecule has 0 aliphatic heterocycles. The molecule has 8 nitrogen and oxygen atoms in total. The Morgan fingerprint density at radius 2 is 1.93 bits per heavy atom. The molecule has 3 aromatic rings. The van der Waals surface area contributed by atoms with Crippen LogP contribution in [0.5, 0.6) is 0 Å². The molecule has 3 rings (SSSR count). The van der Waals surface area contributed by atoms with Gasteiger partial charge < -0.3 is 9.73 Å². The van der Waals surface area contributed by atoms with Crippen LogP contribution < -0.4 is 10.6 Å². The summed E-state index contributed by atoms with van der Waals surface area (Å²) in [6.07, 6.45) is 1.79. The van der Waals surface area contributed by atoms with Gasteiger partial charge in [-0.05, 0) is 23.6 Å². The summed E-state index contributed by atoms with van der Waals surface area (Å²) in [7, 11) is 0. The van der Waals surface area contributed by atoms with E-state index < -0.39 is 6.03 Å². The fraction of sp³-hybridized carbons (Fsp3) is 0.333. The maximum Gasteiger partial charge on any atom is 0.321 e. The lowest BCUT2D eigenvalue weighted by atomic mass is 10.2. The summed E-state index contributed by atoms with van der Waals surface area (Å²) in [6, 6.07) is 12.7. The number of rotatable bonds is 9. The first-order chi connectivity index (χ1) is 14.5. The Bertz CT molecular complexity index is 954. The second-order valence-electron chi connectivity index (χ2n) is 7.10. The number of nitrogens with one attached hydrogen (secondary N) is 2. The molecule has 0 aliphatic rings. The lowest BCUT2D eigenvalue weighted by Gasteiger charge is -2.11. The number of hydrogen-bond acceptors (Lipinski definition) is 6. The molecular formula is C21H25N5O3S. The number of hydrogen-bond donors (Lipinski definition) is 2. The largest absolute Gasteiger partial charge is 0.461 e. The predicted molar refractivity (Wildman–Crippen MR) is 115 cm³/mol. The molecule has 2 aromatic heterocycles. The SMILES string of the molecule is CC(C)Cn1c(SCCC(=O)NC(=O)NCc2ccccc2)nnc1-c1ccco1. The van der Waals surface area contributed by atoms with E-state index in [9.17, 15) is 9.59 Å². The average Bonchev–Trinajstić information content (AvgIpc) is 3.37. The van der Waals surface area contributed by atoms with Gasteiger partial charge in [-0.15, -0.1) is 10.2 Å². The number of nitrogens with zero attached hydrogens (tertiary/aromatic N) is 3. The summed E-state index contributed by atoms with van der Waals surface area (Å²) < 4.78 is 7.45. The molecule has 0 radical (unpaired) electrons. The number of amides is 3. The van der Waals surface area contributed by atoms with Gasteiger partial charge in [-0.2, -0.15) is 0 Å². The van der Waals surface area contributed by atoms with Crippen LogP contribution in [0.15, 0.2) is 58.3 Å². The fourth-order valence-electron chi connectivity index (χ4n) is 2.76. The lowest BCUT2D eigenvalue weighted by Crippen LogP contribution is -2.39. The van der Waals surface area contributed by atoms with Gasteiger partial charge in [0, 0.05) is 25.3 Å². The Labute approximate surface area is 179 Å². The van der Waals surface area contributed by atoms with Crippen LogP contribution in [-0.4, -0.2) is 32.5 Å². The Kier molecular flexibility index (Phi) is 7.67. The van der Waals surface area contributed by atoms with Crippen molar-refractivity contribution in [1.82, 2.24) is 25.4 Å². The minimum Gasteiger partial charge on any atom is -0.461 e. The first kappa shape index (κ1) is 21.6. The van der Waals surface area contributed by atoms with Gasteiger partial charge in [0.1, 0.15) is 0 Å². The number of carbonyl (C=O) groups is 2. The zero-order valence-corrected chi connectivity index (χ0v) is 17.8. The van der Waals surface area contributed by atoms with Gasteiger partial charge in [-0.25, -0.2) is 4.79 Å². The van der Waals surface area contributed by atoms with E-state index in [1.54, 1.807) is 6.26 Å². The van der Waals surface area contributed by atoms with Crippen molar-refractivity contribution in [2.24, 2.45) is 5.92 Å². The molecule has 0 bridgehead atoms. The number of imide groups is 1. The van der Waals surface area contributed by atoms with E-state index in [0.717, 1.165) is 17.3 Å². The van der Waals surface area contributed by atoms with Crippen LogP contribution in [0.4, 0.5) is 4.79 Å². The quantitative estimate of drug-likeness (QED) is 0.505. The van der Waals surface area contributed by atoms with Gasteiger partial charge in [0.25, 0.3) is 0 Å². The van der Waals surface area contributed by atoms with Crippen LogP contribution in [0.1, 0.15) is 25.8 Å². The highest BCUT2D eigenvalue weighted by molar-refractivity contribution is 7.99. The number of thioether (sulfide) groups is 1. The lowest BCUT2D eigenvalue weighted by molar-refractivity contribution is -0.119. The number of urea groups is 1. The summed E-state index contributed by atoms with van der Waals surface area (Å²) in [6.45, 7) is 5.33. The second-order valence-corrected chi connectivity index (χ2v) is 8.16. The molecule has 9 heteroatoms. The van der Waals surface area contributed by atoms with Crippen molar-refractivity contribution in [3.8, 4) is 11.6 Å². The molecule has 3 amide bonds. The third-order valence-electron chi connectivity index (χ3n) is 4.12. The minimum absolute atomic E-state index is 0.189. The molecule has 0 saturated carbocycles. The topological polar surface area (TPSA) is 102 Å². The highest BCUT2D eigenvalue weighted by atomic mass is 32.2. The van der Waals surface area contributed by atoms with Crippen LogP contribution in [0.25, 0.3) is 11.6 Å². The van der Waals surface area contributed by atoms with Crippen LogP contribution >= 0.6 is 11.8 Å². The van der Waals surface area contributed by atoms with E-state index in [4.69, 9.17) is 4.42 Å². The third kappa shape index (κ3) is 6.21. The van der Waals surface area contributed by atoms with Crippen LogP contribution in [-0.2, 0) is 17.9 Å². The van der Waals surface area contributed by atoms with Crippen LogP contribution in [0.3, 0.4) is 0 Å². The van der Waals surface area contributed by atoms with Gasteiger partial charge in [0.2, 0.25) is 5.91 Å². The third-order valence-corrected chi connectivity index (χ3v) is 5.08. The first-order valence-electron chi connectivity index (χ1n) is 9.74. The van der Waals surface area contributed by atoms with E-state index in [1.807, 2.05) is 47.0 Å². The molecule has 158 valence electrons. The van der Waals surface area contributed by atoms with E-state index in [0.29, 0.717) is 29.8 Å². The smallest absolute Gasteiger partial charge is 0.321 e. The second kappa shape index (κ2) is 10.6. The normalized spacial score (nSPS) is 10.9. The molecule has 1 aromatic carbocycles. The molecule has 0 saturated heterocycles. The first-order valence-corrected chi connectivity index (χ1v) is 10.7. The monoisotopic (exact) mass is 427 g/mol. The Morgan fingerprint density at radius 3 is 2.63 bits per heavy atom. The zero-order valence-electron chi connectivity index (χ0n) is 17.0. The Morgan fingerprint density at radius 1 is 1.13 bits per heavy atom. The summed E-state index contributed by atoms with van der Waals surface area (Å²) in [4.78, 5) is 23.9. The summed E-state index contributed by atoms with van der Waals surface area (Å²) in [5.74, 6) is 1.86. The van der Waals surface area contributed by atoms with E-state index >= 15 is 0 Å². The van der Waals surface area contributed by atoms with Crippen molar-refractivity contribution in [3.05, 3.63) is 54.3 Å². The van der Waals surface area contributed by atoms with Gasteiger partial charge in [0.15, 0.2) is 16.7 Å². The fourth-order valence-corrected chi connectivity index (χ4v) is 3.65. The molecule has 2 N–H and O–H groups in total. The van der Waals surface area contributed by atoms with Crippen LogP contribution in [0, 0.1) is 5.92 Å². The standard InChI is InChI=1S/C21H25N5O3S/c1-15(2)14-26-19(17-9-6-11-29-17)24-25-21(26)30-12-10-18(27)23-20(28)22-13-16-7-4-3-5-8-16/h3-9,11,15H,10,12-14H2,1-2H3,(H2,22,23,27,28). The van der Waals surface area contributed by atoms with Crippen molar-refractivity contribution >= 4 is 23.7 Å². The summed E-state index contributed by atoms with van der Waals surface area (Å²) in [5.41, 5.74) is 0.965. The molecule has 0 unspecified atom stereocenters. The molecule has 0 spiro atoms. The van der Waals surface area contributed by atoms with Crippen molar-refractivity contribution in [2.75, 3.05) is 5.75 Å². The van der Waals surface area contributed by atoms with E-state index in [1.165, 1.54) is 11.8 Å². The van der Waals surface area contributed by atoms with E-state index in [-0.39, 0.29) is 12.3 Å². The molecule has 30 heavy (non-hydrogen) atoms. The molecule has 0 fully saturated rings. The van der Waals surface area contributed by atoms with Crippen molar-refractivity contribution in [3.63, 3.8) is 0 Å². The van der Waals surface area contributed by atoms with Gasteiger partial charge in [-0.1, -0.05) is 55.9 Å². The zero-order chi connectivity index (χ0) is 21.3. The number of carbonyl (C=O) groups excluding carboxylic acids is 2. The van der Waals surface area contributed by atoms with Gasteiger partial charge >= 0.3 is 6.03 Å². The number of benzene rings is 1. The molecule has 0 atom stereocenters. The Balaban J connectivity index is 1.48. The summed E-state index contributed by atoms with van der Waals surface area (Å²) >= 11 is 1.43. The maximum absolute atomic E-state index is 12.1. The number of furan rings is 1. The number of aromatic nitrogens is 3. The maximum atomic E-state index is 12.1. The predicted octanol–water partition coefficient (Wildman–Crippen LogP) is 3.70. The van der Waals surface area contributed by atoms with Crippen molar-refractivity contribution in [1.29, 1.82) is 0 Å². The molecular weight excluding hydrogens is 402 g/mol. The summed E-state index contributed by atoms with van der Waals surface area (Å²) in [5, 5.41) is 14.2. The molecule has 0 aliphatic carbocycles. The Hall–Kier alpha value is -3.07. The van der Waals surface area contributed by atoms with Crippen LogP contribution in [0.2, 0.25) is 0 Å². The highest BCUT2D eigenvalue weighted by Crippen LogP contribution is 2.25. The average molecular weight is 428 g/mol. The molecule has 2 heterocycles. The highest BCUT2D eigenvalue weighted by Gasteiger charge is 2.17.